The topological polar surface area (TPSA) is 0 Å². The molecule has 0 saturated carbocycles. The van der Waals surface area contributed by atoms with Gasteiger partial charge in [-0.1, -0.05) is 68.9 Å². The molecule has 0 heterocycles. The van der Waals surface area contributed by atoms with E-state index in [0.717, 1.165) is 6.42 Å². The van der Waals surface area contributed by atoms with E-state index in [1.165, 1.54) is 83.1 Å². The standard InChI is InChI=1S/C21H26.C13H9.C10H17Si.2ClH.Zr/c1-20(2,3)18-11-7-16(8-12-18)15-17-9-13-19(14-10-17)21(4,5)6;1-3-7-12-10(5-1)9-11-6-2-4-8-13(11)12;1-8-6-9(2)10(7-8)11(3,4)5;;;/h7-14H,1-6H3;1-5,7-8H,9H2;6-7H,1-5H3;2*1H;/q;2*-1;;;+2/p-2. The van der Waals surface area contributed by atoms with Crippen LogP contribution < -0.4 is 30.0 Å². The third-order valence-electron chi connectivity index (χ3n) is 8.74. The first-order chi connectivity index (χ1) is 21.4. The predicted molar refractivity (Wildman–Crippen MR) is 202 cm³/mol. The summed E-state index contributed by atoms with van der Waals surface area (Å²) < 4.78 is 1.42. The van der Waals surface area contributed by atoms with Crippen molar-refractivity contribution >= 4 is 16.5 Å². The fourth-order valence-electron chi connectivity index (χ4n) is 6.05. The third kappa shape index (κ3) is 10.9. The van der Waals surface area contributed by atoms with E-state index >= 15 is 0 Å². The second kappa shape index (κ2) is 17.1. The maximum absolute atomic E-state index is 3.30. The van der Waals surface area contributed by atoms with E-state index in [1.807, 2.05) is 6.07 Å². The van der Waals surface area contributed by atoms with Gasteiger partial charge in [-0.25, -0.2) is 6.07 Å². The Bertz CT molecular complexity index is 1670. The SMILES string of the molecule is CC(C)(C)c1ccc([C](=[Zr+2])c2ccc(C(C)(C)C)cc2)cc1.Cc1cc([Si](C)(C)C)c(C)[cH-]1.[Cl-].[Cl-].[c-]1cccc2c1Cc1ccccc1-2. The van der Waals surface area contributed by atoms with Crippen molar-refractivity contribution in [2.75, 3.05) is 0 Å². The molecule has 1 aliphatic rings. The molecule has 0 amide bonds. The molecule has 0 fully saturated rings. The Hall–Kier alpha value is -2.22. The number of rotatable bonds is 3. The van der Waals surface area contributed by atoms with E-state index in [2.05, 4.69) is 178 Å². The second-order valence-corrected chi connectivity index (χ2v) is 22.1. The van der Waals surface area contributed by atoms with Gasteiger partial charge in [-0.2, -0.15) is 52.2 Å². The van der Waals surface area contributed by atoms with Crippen molar-refractivity contribution < 1.29 is 49.0 Å². The molecule has 4 heteroatoms. The molecule has 0 aliphatic heterocycles. The van der Waals surface area contributed by atoms with Crippen LogP contribution in [-0.4, -0.2) is 11.3 Å². The van der Waals surface area contributed by atoms with Crippen molar-refractivity contribution in [3.63, 3.8) is 0 Å². The average Bonchev–Trinajstić information content (AvgIpc) is 3.55. The summed E-state index contributed by atoms with van der Waals surface area (Å²) in [5.41, 5.74) is 14.3. The number of halogens is 2. The van der Waals surface area contributed by atoms with E-state index in [0.29, 0.717) is 0 Å². The summed E-state index contributed by atoms with van der Waals surface area (Å²) in [6, 6.07) is 40.9. The van der Waals surface area contributed by atoms with Gasteiger partial charge in [-0.05, 0) is 6.42 Å². The van der Waals surface area contributed by atoms with E-state index in [-0.39, 0.29) is 35.6 Å². The van der Waals surface area contributed by atoms with E-state index in [9.17, 15) is 0 Å². The summed E-state index contributed by atoms with van der Waals surface area (Å²) in [6.07, 6.45) is 1.05. The molecule has 0 unspecified atom stereocenters. The molecular formula is C44H52Cl2SiZr-2. The molecule has 0 bridgehead atoms. The first-order valence-electron chi connectivity index (χ1n) is 16.6. The van der Waals surface area contributed by atoms with Gasteiger partial charge in [0.15, 0.2) is 0 Å². The smallest absolute Gasteiger partial charge is 0.00418 e. The van der Waals surface area contributed by atoms with Gasteiger partial charge < -0.3 is 24.8 Å². The Morgan fingerprint density at radius 1 is 0.688 bits per heavy atom. The molecule has 5 aromatic carbocycles. The molecule has 0 aromatic heterocycles. The Balaban J connectivity index is 0.000000263. The van der Waals surface area contributed by atoms with Gasteiger partial charge in [-0.3, -0.25) is 0 Å². The fraction of sp³-hybridized carbons (Fsp3) is 0.318. The molecule has 6 rings (SSSR count). The van der Waals surface area contributed by atoms with Crippen LogP contribution in [0.5, 0.6) is 0 Å². The molecule has 5 aromatic rings. The van der Waals surface area contributed by atoms with Crippen molar-refractivity contribution in [1.82, 2.24) is 0 Å². The molecular weight excluding hydrogens is 719 g/mol. The maximum Gasteiger partial charge on any atom is 0.00418 e. The van der Waals surface area contributed by atoms with Gasteiger partial charge in [0.25, 0.3) is 0 Å². The molecule has 0 atom stereocenters. The van der Waals surface area contributed by atoms with Crippen LogP contribution in [0.25, 0.3) is 11.1 Å². The third-order valence-corrected chi connectivity index (χ3v) is 12.3. The van der Waals surface area contributed by atoms with E-state index < -0.39 is 8.07 Å². The number of aryl methyl sites for hydroxylation is 2. The summed E-state index contributed by atoms with van der Waals surface area (Å²) in [7, 11) is -1.06. The number of hydrogen-bond acceptors (Lipinski definition) is 0. The summed E-state index contributed by atoms with van der Waals surface area (Å²) in [4.78, 5) is 0. The summed E-state index contributed by atoms with van der Waals surface area (Å²) in [5, 5.41) is 1.62. The normalized spacial score (nSPS) is 11.8. The monoisotopic (exact) mass is 768 g/mol. The molecule has 0 spiro atoms. The number of benzene rings is 4. The van der Waals surface area contributed by atoms with Gasteiger partial charge in [-0.15, -0.1) is 5.56 Å². The molecule has 1 aliphatic carbocycles. The van der Waals surface area contributed by atoms with Crippen LogP contribution in [0.4, 0.5) is 0 Å². The Morgan fingerprint density at radius 2 is 1.17 bits per heavy atom. The summed E-state index contributed by atoms with van der Waals surface area (Å²) in [6.45, 7) is 25.1. The zero-order valence-corrected chi connectivity index (χ0v) is 35.7. The predicted octanol–water partition coefficient (Wildman–Crippen LogP) is 5.03. The summed E-state index contributed by atoms with van der Waals surface area (Å²) in [5.74, 6) is 0. The molecule has 252 valence electrons. The van der Waals surface area contributed by atoms with Gasteiger partial charge in [0, 0.05) is 8.07 Å². The van der Waals surface area contributed by atoms with Crippen LogP contribution >= 0.6 is 0 Å². The quantitative estimate of drug-likeness (QED) is 0.175. The van der Waals surface area contributed by atoms with Crippen LogP contribution in [0.2, 0.25) is 19.6 Å². The minimum absolute atomic E-state index is 0. The summed E-state index contributed by atoms with van der Waals surface area (Å²) >= 11 is 1.46. The van der Waals surface area contributed by atoms with Gasteiger partial charge in [0.1, 0.15) is 0 Å². The molecule has 48 heavy (non-hydrogen) atoms. The zero-order valence-electron chi connectivity index (χ0n) is 30.8. The van der Waals surface area contributed by atoms with Crippen LogP contribution in [0.15, 0.2) is 103 Å². The average molecular weight is 771 g/mol. The first kappa shape index (κ1) is 41.9. The minimum atomic E-state index is -1.06. The minimum Gasteiger partial charge on any atom is -1.00 e. The van der Waals surface area contributed by atoms with E-state index in [4.69, 9.17) is 0 Å². The van der Waals surface area contributed by atoms with E-state index in [1.54, 1.807) is 5.19 Å². The van der Waals surface area contributed by atoms with Crippen molar-refractivity contribution in [1.29, 1.82) is 0 Å². The Morgan fingerprint density at radius 3 is 1.58 bits per heavy atom. The van der Waals surface area contributed by atoms with Crippen molar-refractivity contribution in [2.45, 2.75) is 92.3 Å². The number of hydrogen-bond donors (Lipinski definition) is 0. The van der Waals surface area contributed by atoms with Crippen LogP contribution in [0, 0.1) is 19.9 Å². The van der Waals surface area contributed by atoms with Crippen molar-refractivity contribution in [2.24, 2.45) is 0 Å². The van der Waals surface area contributed by atoms with Crippen molar-refractivity contribution in [3.05, 3.63) is 154 Å². The maximum atomic E-state index is 3.30. The fourth-order valence-corrected chi connectivity index (χ4v) is 8.78. The van der Waals surface area contributed by atoms with Gasteiger partial charge >= 0.3 is 151 Å². The van der Waals surface area contributed by atoms with Crippen LogP contribution in [0.1, 0.15) is 86.1 Å². The largest absolute Gasteiger partial charge is 1.00 e. The Labute approximate surface area is 320 Å². The van der Waals surface area contributed by atoms with Crippen LogP contribution in [-0.2, 0) is 41.5 Å². The molecule has 0 saturated heterocycles. The molecule has 0 radical (unpaired) electrons. The van der Waals surface area contributed by atoms with Gasteiger partial charge in [0.2, 0.25) is 0 Å². The second-order valence-electron chi connectivity index (χ2n) is 15.8. The Kier molecular flexibility index (Phi) is 15.0. The van der Waals surface area contributed by atoms with Gasteiger partial charge in [0.05, 0.1) is 0 Å². The number of fused-ring (bicyclic) bond motifs is 3. The first-order valence-corrected chi connectivity index (χ1v) is 21.3. The zero-order chi connectivity index (χ0) is 33.9. The van der Waals surface area contributed by atoms with Crippen LogP contribution in [0.3, 0.4) is 0 Å². The molecule has 0 N–H and O–H groups in total. The molecule has 0 nitrogen and oxygen atoms in total. The van der Waals surface area contributed by atoms with Crippen molar-refractivity contribution in [3.8, 4) is 11.1 Å².